The number of fused-ring (bicyclic) bond motifs is 3. The van der Waals surface area contributed by atoms with Gasteiger partial charge in [-0.2, -0.15) is 31.3 Å². The molecule has 15 heteroatoms. The van der Waals surface area contributed by atoms with Gasteiger partial charge in [0.2, 0.25) is 11.8 Å². The fourth-order valence-corrected chi connectivity index (χ4v) is 4.74. The average molecular weight is 505 g/mol. The number of nitrogens with one attached hydrogen (secondary N) is 1. The summed E-state index contributed by atoms with van der Waals surface area (Å²) in [6, 6.07) is 1.73. The van der Waals surface area contributed by atoms with Gasteiger partial charge in [-0.05, 0) is 43.7 Å². The molecule has 1 aliphatic heterocycles. The molecule has 1 aliphatic carbocycles. The first kappa shape index (κ1) is 23.5. The summed E-state index contributed by atoms with van der Waals surface area (Å²) in [4.78, 5) is 6.06. The Morgan fingerprint density at radius 3 is 2.34 bits per heavy atom. The van der Waals surface area contributed by atoms with Crippen LogP contribution in [0.3, 0.4) is 0 Å². The first-order chi connectivity index (χ1) is 16.4. The Bertz CT molecular complexity index is 1210. The highest BCUT2D eigenvalue weighted by Gasteiger charge is 2.44. The van der Waals surface area contributed by atoms with Gasteiger partial charge in [0.25, 0.3) is 0 Å². The van der Waals surface area contributed by atoms with Crippen LogP contribution in [0, 0.1) is 18.8 Å². The summed E-state index contributed by atoms with van der Waals surface area (Å²) in [6.45, 7) is 3.64. The molecule has 9 nitrogen and oxygen atoms in total. The number of anilines is 2. The highest BCUT2D eigenvalue weighted by Crippen LogP contribution is 2.40. The van der Waals surface area contributed by atoms with Gasteiger partial charge >= 0.3 is 18.4 Å². The molecule has 2 bridgehead atoms. The first-order valence-corrected chi connectivity index (χ1v) is 10.9. The Kier molecular flexibility index (Phi) is 5.47. The number of ether oxygens (including phenoxy) is 1. The Labute approximate surface area is 194 Å². The summed E-state index contributed by atoms with van der Waals surface area (Å²) < 4.78 is 90.5. The fraction of sp³-hybridized carbons (Fsp3) is 0.600. The van der Waals surface area contributed by atoms with E-state index in [9.17, 15) is 26.3 Å². The number of pyridine rings is 1. The van der Waals surface area contributed by atoms with Gasteiger partial charge in [-0.3, -0.25) is 0 Å². The molecular weight excluding hydrogens is 484 g/mol. The van der Waals surface area contributed by atoms with Crippen molar-refractivity contribution in [2.45, 2.75) is 51.2 Å². The number of hydrogen-bond donors (Lipinski definition) is 1. The molecular formula is C20H21F6N7O2. The predicted molar refractivity (Wildman–Crippen MR) is 109 cm³/mol. The maximum Gasteiger partial charge on any atom is 0.433 e. The van der Waals surface area contributed by atoms with Crippen LogP contribution in [-0.4, -0.2) is 56.2 Å². The summed E-state index contributed by atoms with van der Waals surface area (Å²) in [6.07, 6.45) is -10.0. The van der Waals surface area contributed by atoms with Gasteiger partial charge in [0.05, 0.1) is 0 Å². The summed E-state index contributed by atoms with van der Waals surface area (Å²) in [7, 11) is 0. The lowest BCUT2D eigenvalue weighted by Gasteiger charge is -2.37. The Hall–Kier alpha value is -3.26. The number of hydrogen-bond acceptors (Lipinski definition) is 8. The maximum absolute atomic E-state index is 13.6. The number of rotatable bonds is 5. The molecule has 1 N–H and O–H groups in total. The molecule has 3 aromatic heterocycles. The number of aryl methyl sites for hydroxylation is 1. The number of halogens is 6. The molecule has 0 aromatic carbocycles. The highest BCUT2D eigenvalue weighted by atomic mass is 19.4. The van der Waals surface area contributed by atoms with Gasteiger partial charge in [-0.15, -0.1) is 10.2 Å². The molecule has 5 rings (SSSR count). The van der Waals surface area contributed by atoms with Crippen LogP contribution in [0.15, 0.2) is 16.5 Å². The topological polar surface area (TPSA) is 93.6 Å². The van der Waals surface area contributed by atoms with Crippen molar-refractivity contribution in [1.82, 2.24) is 24.8 Å². The molecule has 35 heavy (non-hydrogen) atoms. The standard InChI is InChI=1S/C20H21F6N7O2/c1-9(19(21,22)23)34-13-5-6-14(20(24,25)26)33-16(13)28-17(31-33)27-15-11-3-4-12(15)8-32(7-11)18-30-29-10(2)35-18/h5-6,9,11-12,15H,3-4,7-8H2,1-2H3,(H,27,31)/t9-,11+,12?,15+/m1/s1. The predicted octanol–water partition coefficient (Wildman–Crippen LogP) is 4.10. The van der Waals surface area contributed by atoms with Crippen molar-refractivity contribution in [3.05, 3.63) is 23.7 Å². The van der Waals surface area contributed by atoms with Crippen molar-refractivity contribution < 1.29 is 35.5 Å². The van der Waals surface area contributed by atoms with Crippen molar-refractivity contribution in [2.24, 2.45) is 11.8 Å². The second kappa shape index (κ2) is 8.16. The van der Waals surface area contributed by atoms with E-state index < -0.39 is 35.5 Å². The number of nitrogens with zero attached hydrogens (tertiary/aromatic N) is 6. The van der Waals surface area contributed by atoms with Gasteiger partial charge in [0.15, 0.2) is 17.5 Å². The molecule has 0 amide bonds. The van der Waals surface area contributed by atoms with Crippen LogP contribution < -0.4 is 15.0 Å². The fourth-order valence-electron chi connectivity index (χ4n) is 4.74. The van der Waals surface area contributed by atoms with Crippen molar-refractivity contribution in [2.75, 3.05) is 23.3 Å². The van der Waals surface area contributed by atoms with Crippen LogP contribution in [0.1, 0.15) is 31.4 Å². The molecule has 1 saturated carbocycles. The second-order valence-electron chi connectivity index (χ2n) is 8.83. The molecule has 0 radical (unpaired) electrons. The van der Waals surface area contributed by atoms with Crippen molar-refractivity contribution in [3.63, 3.8) is 0 Å². The zero-order valence-electron chi connectivity index (χ0n) is 18.6. The van der Waals surface area contributed by atoms with Crippen LogP contribution in [0.4, 0.5) is 38.3 Å². The lowest BCUT2D eigenvalue weighted by molar-refractivity contribution is -0.189. The normalized spacial score (nSPS) is 23.7. The molecule has 2 aliphatic rings. The van der Waals surface area contributed by atoms with Crippen molar-refractivity contribution >= 4 is 17.6 Å². The number of alkyl halides is 6. The van der Waals surface area contributed by atoms with E-state index in [0.29, 0.717) is 35.6 Å². The van der Waals surface area contributed by atoms with E-state index in [1.165, 1.54) is 0 Å². The molecule has 190 valence electrons. The molecule has 4 heterocycles. The van der Waals surface area contributed by atoms with E-state index in [2.05, 4.69) is 25.6 Å². The van der Waals surface area contributed by atoms with E-state index in [-0.39, 0.29) is 23.8 Å². The molecule has 2 fully saturated rings. The first-order valence-electron chi connectivity index (χ1n) is 10.9. The Morgan fingerprint density at radius 1 is 1.09 bits per heavy atom. The third kappa shape index (κ3) is 4.43. The Morgan fingerprint density at radius 2 is 1.77 bits per heavy atom. The summed E-state index contributed by atoms with van der Waals surface area (Å²) in [5.74, 6) is 0.0919. The van der Waals surface area contributed by atoms with Crippen molar-refractivity contribution in [1.29, 1.82) is 0 Å². The van der Waals surface area contributed by atoms with Crippen LogP contribution in [-0.2, 0) is 6.18 Å². The second-order valence-corrected chi connectivity index (χ2v) is 8.83. The van der Waals surface area contributed by atoms with Gasteiger partial charge in [0, 0.05) is 26.1 Å². The molecule has 1 saturated heterocycles. The summed E-state index contributed by atoms with van der Waals surface area (Å²) in [5, 5.41) is 14.9. The zero-order chi connectivity index (χ0) is 25.1. The van der Waals surface area contributed by atoms with Gasteiger partial charge in [-0.25, -0.2) is 4.52 Å². The van der Waals surface area contributed by atoms with E-state index in [0.717, 1.165) is 25.8 Å². The van der Waals surface area contributed by atoms with E-state index in [4.69, 9.17) is 9.15 Å². The van der Waals surface area contributed by atoms with Crippen molar-refractivity contribution in [3.8, 4) is 5.75 Å². The smallest absolute Gasteiger partial charge is 0.433 e. The van der Waals surface area contributed by atoms with Crippen LogP contribution in [0.2, 0.25) is 0 Å². The summed E-state index contributed by atoms with van der Waals surface area (Å²) in [5.41, 5.74) is -1.63. The van der Waals surface area contributed by atoms with Gasteiger partial charge < -0.3 is 19.4 Å². The molecule has 1 unspecified atom stereocenters. The van der Waals surface area contributed by atoms with Crippen LogP contribution in [0.25, 0.3) is 5.65 Å². The van der Waals surface area contributed by atoms with Gasteiger partial charge in [-0.1, -0.05) is 5.10 Å². The number of piperidine rings is 1. The minimum atomic E-state index is -4.80. The Balaban J connectivity index is 1.42. The van der Waals surface area contributed by atoms with E-state index in [1.807, 2.05) is 4.90 Å². The largest absolute Gasteiger partial charge is 0.477 e. The molecule has 3 aromatic rings. The quantitative estimate of drug-likeness (QED) is 0.519. The summed E-state index contributed by atoms with van der Waals surface area (Å²) >= 11 is 0. The van der Waals surface area contributed by atoms with E-state index in [1.54, 1.807) is 6.92 Å². The zero-order valence-corrected chi connectivity index (χ0v) is 18.6. The number of aromatic nitrogens is 5. The van der Waals surface area contributed by atoms with Crippen LogP contribution >= 0.6 is 0 Å². The third-order valence-corrected chi connectivity index (χ3v) is 6.42. The SMILES string of the molecule is Cc1nnc(N2CC3CC[C@@H](C2)[C@@H]3Nc2nc3c(O[C@H](C)C(F)(F)F)ccc(C(F)(F)F)n3n2)o1. The lowest BCUT2D eigenvalue weighted by Crippen LogP contribution is -2.48. The van der Waals surface area contributed by atoms with Gasteiger partial charge in [0.1, 0.15) is 5.69 Å². The monoisotopic (exact) mass is 505 g/mol. The molecule has 4 atom stereocenters. The van der Waals surface area contributed by atoms with Crippen LogP contribution in [0.5, 0.6) is 5.75 Å². The third-order valence-electron chi connectivity index (χ3n) is 6.42. The highest BCUT2D eigenvalue weighted by molar-refractivity contribution is 5.57. The van der Waals surface area contributed by atoms with E-state index >= 15 is 0 Å². The minimum Gasteiger partial charge on any atom is -0.477 e. The lowest BCUT2D eigenvalue weighted by atomic mass is 9.92. The molecule has 0 spiro atoms. The average Bonchev–Trinajstić information content (AvgIpc) is 3.43. The maximum atomic E-state index is 13.6. The minimum absolute atomic E-state index is 0.107.